The van der Waals surface area contributed by atoms with Crippen LogP contribution in [-0.2, 0) is 5.41 Å². The van der Waals surface area contributed by atoms with Crippen LogP contribution in [0.15, 0.2) is 30.3 Å². The molecular weight excluding hydrogens is 256 g/mol. The normalized spacial score (nSPS) is 32.2. The minimum Gasteiger partial charge on any atom is -0.317 e. The van der Waals surface area contributed by atoms with Crippen LogP contribution in [0.4, 0.5) is 0 Å². The van der Waals surface area contributed by atoms with Gasteiger partial charge in [0.05, 0.1) is 0 Å². The van der Waals surface area contributed by atoms with Crippen molar-refractivity contribution in [3.63, 3.8) is 0 Å². The lowest BCUT2D eigenvalue weighted by Gasteiger charge is -2.41. The highest BCUT2D eigenvalue weighted by molar-refractivity contribution is 5.27. The van der Waals surface area contributed by atoms with Crippen molar-refractivity contribution >= 4 is 0 Å². The van der Waals surface area contributed by atoms with Gasteiger partial charge in [0.25, 0.3) is 0 Å². The molecule has 2 atom stereocenters. The average molecular weight is 284 g/mol. The second-order valence-electron chi connectivity index (χ2n) is 7.54. The van der Waals surface area contributed by atoms with E-state index in [1.54, 1.807) is 5.56 Å². The van der Waals surface area contributed by atoms with Crippen molar-refractivity contribution < 1.29 is 0 Å². The first-order chi connectivity index (χ1) is 10.4. The van der Waals surface area contributed by atoms with Crippen LogP contribution in [0.1, 0.15) is 37.7 Å². The molecule has 0 radical (unpaired) electrons. The molecule has 21 heavy (non-hydrogen) atoms. The molecule has 2 nitrogen and oxygen atoms in total. The van der Waals surface area contributed by atoms with Gasteiger partial charge in [0, 0.05) is 25.0 Å². The third kappa shape index (κ3) is 2.64. The van der Waals surface area contributed by atoms with Crippen molar-refractivity contribution in [2.45, 2.75) is 37.5 Å². The van der Waals surface area contributed by atoms with Gasteiger partial charge < -0.3 is 10.2 Å². The Bertz CT molecular complexity index is 452. The Balaban J connectivity index is 1.53. The summed E-state index contributed by atoms with van der Waals surface area (Å²) in [6, 6.07) is 11.3. The van der Waals surface area contributed by atoms with Crippen LogP contribution in [0.5, 0.6) is 0 Å². The highest BCUT2D eigenvalue weighted by Gasteiger charge is 2.41. The maximum atomic E-state index is 3.56. The largest absolute Gasteiger partial charge is 0.317 e. The van der Waals surface area contributed by atoms with Crippen molar-refractivity contribution in [2.75, 3.05) is 32.7 Å². The average Bonchev–Trinajstić information content (AvgIpc) is 3.10. The molecule has 2 unspecified atom stereocenters. The lowest BCUT2D eigenvalue weighted by atomic mass is 9.73. The summed E-state index contributed by atoms with van der Waals surface area (Å²) in [7, 11) is 0. The van der Waals surface area contributed by atoms with Gasteiger partial charge >= 0.3 is 0 Å². The van der Waals surface area contributed by atoms with E-state index >= 15 is 0 Å². The van der Waals surface area contributed by atoms with Crippen molar-refractivity contribution in [1.82, 2.24) is 10.2 Å². The standard InChI is InChI=1S/C19H28N2/c1-2-7-18(8-3-1)19(9-11-20-12-10-19)15-21-13-16-5-4-6-17(16)14-21/h1-3,7-8,16-17,20H,4-6,9-15H2. The molecule has 0 amide bonds. The fourth-order valence-corrected chi connectivity index (χ4v) is 5.12. The molecule has 1 aromatic rings. The molecule has 2 aliphatic heterocycles. The van der Waals surface area contributed by atoms with Crippen molar-refractivity contribution in [3.05, 3.63) is 35.9 Å². The van der Waals surface area contributed by atoms with Crippen LogP contribution >= 0.6 is 0 Å². The third-order valence-electron chi connectivity index (χ3n) is 6.28. The summed E-state index contributed by atoms with van der Waals surface area (Å²) in [6.07, 6.45) is 7.05. The van der Waals surface area contributed by atoms with Crippen molar-refractivity contribution in [3.8, 4) is 0 Å². The number of piperidine rings is 1. The monoisotopic (exact) mass is 284 g/mol. The van der Waals surface area contributed by atoms with E-state index in [1.165, 1.54) is 64.8 Å². The zero-order valence-corrected chi connectivity index (χ0v) is 13.1. The van der Waals surface area contributed by atoms with Crippen LogP contribution in [0.2, 0.25) is 0 Å². The molecule has 114 valence electrons. The van der Waals surface area contributed by atoms with E-state index in [1.807, 2.05) is 0 Å². The summed E-state index contributed by atoms with van der Waals surface area (Å²) in [5.74, 6) is 2.03. The summed E-state index contributed by atoms with van der Waals surface area (Å²) in [5.41, 5.74) is 1.97. The quantitative estimate of drug-likeness (QED) is 0.918. The van der Waals surface area contributed by atoms with Gasteiger partial charge in [0.15, 0.2) is 0 Å². The molecule has 2 heteroatoms. The number of likely N-dealkylation sites (tertiary alicyclic amines) is 1. The van der Waals surface area contributed by atoms with E-state index in [0.717, 1.165) is 11.8 Å². The van der Waals surface area contributed by atoms with E-state index in [9.17, 15) is 0 Å². The van der Waals surface area contributed by atoms with Gasteiger partial charge in [-0.25, -0.2) is 0 Å². The number of nitrogens with one attached hydrogen (secondary N) is 1. The Morgan fingerprint density at radius 3 is 2.33 bits per heavy atom. The second kappa shape index (κ2) is 5.73. The topological polar surface area (TPSA) is 15.3 Å². The first-order valence-electron chi connectivity index (χ1n) is 8.84. The lowest BCUT2D eigenvalue weighted by molar-refractivity contribution is 0.191. The summed E-state index contributed by atoms with van der Waals surface area (Å²) in [6.45, 7) is 6.37. The zero-order chi connectivity index (χ0) is 14.1. The van der Waals surface area contributed by atoms with Gasteiger partial charge in [-0.1, -0.05) is 36.8 Å². The maximum Gasteiger partial charge on any atom is 0.0104 e. The molecule has 0 bridgehead atoms. The number of hydrogen-bond acceptors (Lipinski definition) is 2. The highest BCUT2D eigenvalue weighted by atomic mass is 15.2. The van der Waals surface area contributed by atoms with Crippen molar-refractivity contribution in [2.24, 2.45) is 11.8 Å². The Labute approximate surface area is 128 Å². The fourth-order valence-electron chi connectivity index (χ4n) is 5.12. The smallest absolute Gasteiger partial charge is 0.0104 e. The molecule has 1 saturated carbocycles. The highest BCUT2D eigenvalue weighted by Crippen LogP contribution is 2.41. The summed E-state index contributed by atoms with van der Waals surface area (Å²) in [5, 5.41) is 3.56. The molecule has 2 saturated heterocycles. The fraction of sp³-hybridized carbons (Fsp3) is 0.684. The van der Waals surface area contributed by atoms with Gasteiger partial charge in [-0.2, -0.15) is 0 Å². The van der Waals surface area contributed by atoms with E-state index in [-0.39, 0.29) is 0 Å². The molecule has 3 fully saturated rings. The van der Waals surface area contributed by atoms with E-state index in [0.29, 0.717) is 5.41 Å². The number of hydrogen-bond donors (Lipinski definition) is 1. The number of fused-ring (bicyclic) bond motifs is 1. The Hall–Kier alpha value is -0.860. The van der Waals surface area contributed by atoms with Crippen LogP contribution < -0.4 is 5.32 Å². The first-order valence-corrected chi connectivity index (χ1v) is 8.84. The third-order valence-corrected chi connectivity index (χ3v) is 6.28. The van der Waals surface area contributed by atoms with Crippen LogP contribution in [0.3, 0.4) is 0 Å². The number of rotatable bonds is 3. The molecule has 4 rings (SSSR count). The minimum atomic E-state index is 0.394. The number of benzene rings is 1. The first kappa shape index (κ1) is 13.8. The molecule has 1 aliphatic carbocycles. The molecule has 0 aromatic heterocycles. The van der Waals surface area contributed by atoms with Crippen LogP contribution in [0, 0.1) is 11.8 Å². The van der Waals surface area contributed by atoms with Gasteiger partial charge in [-0.3, -0.25) is 0 Å². The van der Waals surface area contributed by atoms with E-state index in [2.05, 4.69) is 40.5 Å². The van der Waals surface area contributed by atoms with Crippen LogP contribution in [-0.4, -0.2) is 37.6 Å². The molecule has 3 aliphatic rings. The Morgan fingerprint density at radius 2 is 1.67 bits per heavy atom. The van der Waals surface area contributed by atoms with E-state index < -0.39 is 0 Å². The van der Waals surface area contributed by atoms with Crippen molar-refractivity contribution in [1.29, 1.82) is 0 Å². The SMILES string of the molecule is c1ccc(C2(CN3CC4CCCC4C3)CCNCC2)cc1. The Morgan fingerprint density at radius 1 is 1.00 bits per heavy atom. The van der Waals surface area contributed by atoms with Gasteiger partial charge in [-0.15, -0.1) is 0 Å². The second-order valence-corrected chi connectivity index (χ2v) is 7.54. The molecular formula is C19H28N2. The lowest BCUT2D eigenvalue weighted by Crippen LogP contribution is -2.47. The molecule has 1 N–H and O–H groups in total. The summed E-state index contributed by atoms with van der Waals surface area (Å²) >= 11 is 0. The summed E-state index contributed by atoms with van der Waals surface area (Å²) in [4.78, 5) is 2.80. The maximum absolute atomic E-state index is 3.56. The summed E-state index contributed by atoms with van der Waals surface area (Å²) < 4.78 is 0. The van der Waals surface area contributed by atoms with E-state index in [4.69, 9.17) is 0 Å². The predicted molar refractivity (Wildman–Crippen MR) is 87.5 cm³/mol. The van der Waals surface area contributed by atoms with Crippen LogP contribution in [0.25, 0.3) is 0 Å². The van der Waals surface area contributed by atoms with Gasteiger partial charge in [0.1, 0.15) is 0 Å². The predicted octanol–water partition coefficient (Wildman–Crippen LogP) is 3.04. The van der Waals surface area contributed by atoms with Gasteiger partial charge in [0.2, 0.25) is 0 Å². The molecule has 1 aromatic carbocycles. The number of nitrogens with zero attached hydrogens (tertiary/aromatic N) is 1. The molecule has 0 spiro atoms. The zero-order valence-electron chi connectivity index (χ0n) is 13.1. The van der Waals surface area contributed by atoms with Gasteiger partial charge in [-0.05, 0) is 56.2 Å². The Kier molecular flexibility index (Phi) is 3.76. The minimum absolute atomic E-state index is 0.394. The molecule has 2 heterocycles.